The normalized spacial score (nSPS) is 14.2. The Morgan fingerprint density at radius 2 is 1.62 bits per heavy atom. The average Bonchev–Trinajstić information content (AvgIpc) is 2.34. The Bertz CT molecular complexity index is 386. The highest BCUT2D eigenvalue weighted by molar-refractivity contribution is 5.15. The maximum Gasteiger partial charge on any atom is 0.0598 e. The Morgan fingerprint density at radius 1 is 1.00 bits per heavy atom. The lowest BCUT2D eigenvalue weighted by molar-refractivity contribution is -0.00943. The molecule has 0 aromatic heterocycles. The van der Waals surface area contributed by atoms with Crippen molar-refractivity contribution in [2.24, 2.45) is 5.92 Å². The molecular weight excluding hydrogens is 258 g/mol. The molecule has 0 bridgehead atoms. The molecule has 1 N–H and O–H groups in total. The van der Waals surface area contributed by atoms with E-state index in [-0.39, 0.29) is 11.1 Å². The van der Waals surface area contributed by atoms with Crippen LogP contribution in [0.1, 0.15) is 53.5 Å². The molecule has 2 nitrogen and oxygen atoms in total. The summed E-state index contributed by atoms with van der Waals surface area (Å²) in [6, 6.07) is 10.8. The van der Waals surface area contributed by atoms with Gasteiger partial charge in [0.25, 0.3) is 0 Å². The highest BCUT2D eigenvalue weighted by Crippen LogP contribution is 2.15. The standard InChI is InChI=1S/C19H33NO/c1-18(2,3)20-15-17(12-13-21-19(4,5)6)14-16-10-8-7-9-11-16/h7-11,17,20H,12-15H2,1-6H3. The Balaban J connectivity index is 2.53. The van der Waals surface area contributed by atoms with Gasteiger partial charge in [0.05, 0.1) is 5.60 Å². The molecule has 0 radical (unpaired) electrons. The van der Waals surface area contributed by atoms with E-state index in [0.717, 1.165) is 26.0 Å². The number of rotatable bonds is 7. The highest BCUT2D eigenvalue weighted by Gasteiger charge is 2.16. The topological polar surface area (TPSA) is 21.3 Å². The summed E-state index contributed by atoms with van der Waals surface area (Å²) in [5.41, 5.74) is 1.53. The zero-order valence-electron chi connectivity index (χ0n) is 14.7. The summed E-state index contributed by atoms with van der Waals surface area (Å²) < 4.78 is 5.90. The maximum absolute atomic E-state index is 5.90. The van der Waals surface area contributed by atoms with Crippen molar-refractivity contribution in [3.63, 3.8) is 0 Å². The minimum Gasteiger partial charge on any atom is -0.376 e. The van der Waals surface area contributed by atoms with Gasteiger partial charge in [-0.3, -0.25) is 0 Å². The van der Waals surface area contributed by atoms with E-state index >= 15 is 0 Å². The summed E-state index contributed by atoms with van der Waals surface area (Å²) in [5, 5.41) is 3.63. The van der Waals surface area contributed by atoms with E-state index in [2.05, 4.69) is 77.2 Å². The lowest BCUT2D eigenvalue weighted by Crippen LogP contribution is -2.40. The molecule has 21 heavy (non-hydrogen) atoms. The molecule has 0 aliphatic carbocycles. The lowest BCUT2D eigenvalue weighted by atomic mass is 9.95. The minimum atomic E-state index is -0.0469. The summed E-state index contributed by atoms with van der Waals surface area (Å²) in [6.07, 6.45) is 2.20. The van der Waals surface area contributed by atoms with Crippen LogP contribution in [-0.4, -0.2) is 24.3 Å². The van der Waals surface area contributed by atoms with Crippen LogP contribution in [0.25, 0.3) is 0 Å². The van der Waals surface area contributed by atoms with E-state index in [4.69, 9.17) is 4.74 Å². The van der Waals surface area contributed by atoms with Crippen molar-refractivity contribution < 1.29 is 4.74 Å². The fourth-order valence-corrected chi connectivity index (χ4v) is 2.21. The van der Waals surface area contributed by atoms with Crippen molar-refractivity contribution in [1.82, 2.24) is 5.32 Å². The molecule has 0 saturated carbocycles. The first kappa shape index (κ1) is 18.2. The van der Waals surface area contributed by atoms with E-state index in [1.165, 1.54) is 5.56 Å². The van der Waals surface area contributed by atoms with Crippen LogP contribution >= 0.6 is 0 Å². The second kappa shape index (κ2) is 7.95. The fraction of sp³-hybridized carbons (Fsp3) is 0.684. The monoisotopic (exact) mass is 291 g/mol. The maximum atomic E-state index is 5.90. The Hall–Kier alpha value is -0.860. The summed E-state index contributed by atoms with van der Waals surface area (Å²) in [6.45, 7) is 14.9. The van der Waals surface area contributed by atoms with Gasteiger partial charge in [0.1, 0.15) is 0 Å². The quantitative estimate of drug-likeness (QED) is 0.802. The third kappa shape index (κ3) is 9.65. The van der Waals surface area contributed by atoms with Gasteiger partial charge >= 0.3 is 0 Å². The molecule has 0 saturated heterocycles. The van der Waals surface area contributed by atoms with Gasteiger partial charge in [-0.05, 0) is 72.4 Å². The van der Waals surface area contributed by atoms with Crippen molar-refractivity contribution in [2.45, 2.75) is 65.5 Å². The number of hydrogen-bond donors (Lipinski definition) is 1. The van der Waals surface area contributed by atoms with Crippen molar-refractivity contribution in [3.8, 4) is 0 Å². The molecule has 0 fully saturated rings. The molecule has 0 spiro atoms. The van der Waals surface area contributed by atoms with Crippen LogP contribution in [0.5, 0.6) is 0 Å². The van der Waals surface area contributed by atoms with Gasteiger partial charge in [0.2, 0.25) is 0 Å². The predicted octanol–water partition coefficient (Wildman–Crippen LogP) is 4.44. The van der Waals surface area contributed by atoms with Crippen LogP contribution in [0.3, 0.4) is 0 Å². The van der Waals surface area contributed by atoms with Crippen LogP contribution in [-0.2, 0) is 11.2 Å². The second-order valence-corrected chi connectivity index (χ2v) is 7.94. The van der Waals surface area contributed by atoms with Crippen LogP contribution in [0.15, 0.2) is 30.3 Å². The van der Waals surface area contributed by atoms with E-state index in [0.29, 0.717) is 5.92 Å². The van der Waals surface area contributed by atoms with E-state index in [1.807, 2.05) is 0 Å². The van der Waals surface area contributed by atoms with Gasteiger partial charge in [0.15, 0.2) is 0 Å². The van der Waals surface area contributed by atoms with Crippen molar-refractivity contribution in [1.29, 1.82) is 0 Å². The number of benzene rings is 1. The molecular formula is C19H33NO. The van der Waals surface area contributed by atoms with Crippen molar-refractivity contribution >= 4 is 0 Å². The molecule has 1 rings (SSSR count). The summed E-state index contributed by atoms with van der Waals surface area (Å²) in [5.74, 6) is 0.606. The Labute approximate surface area is 131 Å². The molecule has 0 aliphatic heterocycles. The van der Waals surface area contributed by atoms with Gasteiger partial charge in [0, 0.05) is 12.1 Å². The molecule has 1 aromatic rings. The minimum absolute atomic E-state index is 0.0469. The Morgan fingerprint density at radius 3 is 2.14 bits per heavy atom. The summed E-state index contributed by atoms with van der Waals surface area (Å²) in [4.78, 5) is 0. The Kier molecular flexibility index (Phi) is 6.89. The number of ether oxygens (including phenoxy) is 1. The average molecular weight is 291 g/mol. The predicted molar refractivity (Wildman–Crippen MR) is 91.7 cm³/mol. The summed E-state index contributed by atoms with van der Waals surface area (Å²) in [7, 11) is 0. The fourth-order valence-electron chi connectivity index (χ4n) is 2.21. The zero-order chi connectivity index (χ0) is 15.9. The van der Waals surface area contributed by atoms with Crippen LogP contribution in [0, 0.1) is 5.92 Å². The van der Waals surface area contributed by atoms with Crippen molar-refractivity contribution in [3.05, 3.63) is 35.9 Å². The number of nitrogens with one attached hydrogen (secondary N) is 1. The summed E-state index contributed by atoms with van der Waals surface area (Å²) >= 11 is 0. The van der Waals surface area contributed by atoms with E-state index in [1.54, 1.807) is 0 Å². The second-order valence-electron chi connectivity index (χ2n) is 7.94. The largest absolute Gasteiger partial charge is 0.376 e. The SMILES string of the molecule is CC(C)(C)NCC(CCOC(C)(C)C)Cc1ccccc1. The number of hydrogen-bond acceptors (Lipinski definition) is 2. The van der Waals surface area contributed by atoms with Gasteiger partial charge in [-0.15, -0.1) is 0 Å². The molecule has 0 heterocycles. The zero-order valence-corrected chi connectivity index (χ0v) is 14.7. The van der Waals surface area contributed by atoms with Crippen molar-refractivity contribution in [2.75, 3.05) is 13.2 Å². The van der Waals surface area contributed by atoms with E-state index < -0.39 is 0 Å². The van der Waals surface area contributed by atoms with E-state index in [9.17, 15) is 0 Å². The van der Waals surface area contributed by atoms with Crippen LogP contribution in [0.2, 0.25) is 0 Å². The third-order valence-corrected chi connectivity index (χ3v) is 3.35. The van der Waals surface area contributed by atoms with Gasteiger partial charge in [-0.1, -0.05) is 30.3 Å². The molecule has 2 heteroatoms. The van der Waals surface area contributed by atoms with Crippen LogP contribution < -0.4 is 5.32 Å². The lowest BCUT2D eigenvalue weighted by Gasteiger charge is -2.27. The molecule has 120 valence electrons. The first-order valence-electron chi connectivity index (χ1n) is 8.09. The van der Waals surface area contributed by atoms with Crippen LogP contribution in [0.4, 0.5) is 0 Å². The third-order valence-electron chi connectivity index (χ3n) is 3.35. The smallest absolute Gasteiger partial charge is 0.0598 e. The van der Waals surface area contributed by atoms with Gasteiger partial charge < -0.3 is 10.1 Å². The molecule has 0 amide bonds. The highest BCUT2D eigenvalue weighted by atomic mass is 16.5. The molecule has 1 atom stereocenters. The molecule has 0 aliphatic rings. The van der Waals surface area contributed by atoms with Gasteiger partial charge in [-0.2, -0.15) is 0 Å². The molecule has 1 unspecified atom stereocenters. The first-order valence-corrected chi connectivity index (χ1v) is 8.09. The molecule has 1 aromatic carbocycles. The first-order chi connectivity index (χ1) is 9.66. The van der Waals surface area contributed by atoms with Gasteiger partial charge in [-0.25, -0.2) is 0 Å².